The molecular formula is C21H27ClN2O3. The van der Waals surface area contributed by atoms with E-state index in [4.69, 9.17) is 25.8 Å². The molecule has 146 valence electrons. The number of halogens is 1. The largest absolute Gasteiger partial charge is 0.492 e. The van der Waals surface area contributed by atoms with Gasteiger partial charge in [0.2, 0.25) is 0 Å². The van der Waals surface area contributed by atoms with Gasteiger partial charge >= 0.3 is 0 Å². The minimum Gasteiger partial charge on any atom is -0.492 e. The lowest BCUT2D eigenvalue weighted by Gasteiger charge is -2.43. The predicted molar refractivity (Wildman–Crippen MR) is 105 cm³/mol. The zero-order valence-electron chi connectivity index (χ0n) is 15.8. The number of nitrogens with zero attached hydrogens (tertiary/aromatic N) is 2. The van der Waals surface area contributed by atoms with Crippen molar-refractivity contribution in [1.29, 1.82) is 0 Å². The highest BCUT2D eigenvalue weighted by molar-refractivity contribution is 6.32. The summed E-state index contributed by atoms with van der Waals surface area (Å²) in [6.07, 6.45) is 8.86. The fourth-order valence-electron chi connectivity index (χ4n) is 4.13. The zero-order chi connectivity index (χ0) is 18.7. The van der Waals surface area contributed by atoms with E-state index in [9.17, 15) is 0 Å². The Bertz CT molecular complexity index is 765. The van der Waals surface area contributed by atoms with Crippen molar-refractivity contribution >= 4 is 11.6 Å². The molecule has 2 aromatic rings. The zero-order valence-corrected chi connectivity index (χ0v) is 16.6. The van der Waals surface area contributed by atoms with Crippen molar-refractivity contribution in [3.63, 3.8) is 0 Å². The molecule has 0 aliphatic carbocycles. The molecule has 1 atom stereocenters. The predicted octanol–water partition coefficient (Wildman–Crippen LogP) is 4.89. The first-order valence-corrected chi connectivity index (χ1v) is 10.3. The molecule has 1 spiro atoms. The number of imidazole rings is 1. The number of aromatic nitrogens is 2. The van der Waals surface area contributed by atoms with Crippen molar-refractivity contribution in [2.75, 3.05) is 26.4 Å². The van der Waals surface area contributed by atoms with E-state index in [-0.39, 0.29) is 5.60 Å². The Morgan fingerprint density at radius 3 is 2.93 bits per heavy atom. The molecular weight excluding hydrogens is 364 g/mol. The highest BCUT2D eigenvalue weighted by Gasteiger charge is 2.40. The first-order chi connectivity index (χ1) is 13.2. The van der Waals surface area contributed by atoms with Gasteiger partial charge in [-0.2, -0.15) is 0 Å². The highest BCUT2D eigenvalue weighted by Crippen LogP contribution is 2.41. The lowest BCUT2D eigenvalue weighted by Crippen LogP contribution is -2.44. The fraction of sp³-hybridized carbons (Fsp3) is 0.571. The maximum Gasteiger partial charge on any atom is 0.140 e. The number of hydrogen-bond acceptors (Lipinski definition) is 4. The van der Waals surface area contributed by atoms with Crippen LogP contribution in [0.5, 0.6) is 5.75 Å². The van der Waals surface area contributed by atoms with Crippen LogP contribution in [-0.2, 0) is 9.47 Å². The molecule has 0 amide bonds. The first kappa shape index (κ1) is 18.8. The van der Waals surface area contributed by atoms with E-state index in [0.717, 1.165) is 69.1 Å². The van der Waals surface area contributed by atoms with Crippen molar-refractivity contribution in [2.24, 2.45) is 0 Å². The lowest BCUT2D eigenvalue weighted by molar-refractivity contribution is -0.144. The molecule has 1 unspecified atom stereocenters. The number of benzene rings is 1. The van der Waals surface area contributed by atoms with Gasteiger partial charge in [-0.25, -0.2) is 4.98 Å². The quantitative estimate of drug-likeness (QED) is 0.728. The molecule has 2 aliphatic rings. The number of ether oxygens (including phenoxy) is 3. The molecule has 6 heteroatoms. The molecule has 0 N–H and O–H groups in total. The van der Waals surface area contributed by atoms with Crippen LogP contribution in [0.2, 0.25) is 5.02 Å². The standard InChI is InChI=1S/C21H27ClN2O3/c1-2-10-26-19-4-3-16(14-18(19)22)20-23-8-9-24(20)17-5-11-27-21(15-17)6-12-25-13-7-21/h3-4,8-9,14,17H,2,5-7,10-13,15H2,1H3. The van der Waals surface area contributed by atoms with Crippen LogP contribution in [0.15, 0.2) is 30.6 Å². The second-order valence-corrected chi connectivity index (χ2v) is 7.85. The van der Waals surface area contributed by atoms with Crippen molar-refractivity contribution in [1.82, 2.24) is 9.55 Å². The normalized spacial score (nSPS) is 22.1. The van der Waals surface area contributed by atoms with Crippen molar-refractivity contribution < 1.29 is 14.2 Å². The molecule has 0 bridgehead atoms. The van der Waals surface area contributed by atoms with Gasteiger partial charge < -0.3 is 18.8 Å². The van der Waals surface area contributed by atoms with Crippen LogP contribution in [0.25, 0.3) is 11.4 Å². The van der Waals surface area contributed by atoms with E-state index >= 15 is 0 Å². The minimum atomic E-state index is -0.0435. The van der Waals surface area contributed by atoms with Gasteiger partial charge in [0, 0.05) is 43.8 Å². The van der Waals surface area contributed by atoms with E-state index < -0.39 is 0 Å². The number of rotatable bonds is 5. The summed E-state index contributed by atoms with van der Waals surface area (Å²) >= 11 is 6.44. The van der Waals surface area contributed by atoms with Crippen molar-refractivity contribution in [3.05, 3.63) is 35.6 Å². The van der Waals surface area contributed by atoms with Crippen molar-refractivity contribution in [3.8, 4) is 17.1 Å². The number of hydrogen-bond donors (Lipinski definition) is 0. The summed E-state index contributed by atoms with van der Waals surface area (Å²) in [7, 11) is 0. The average Bonchev–Trinajstić information content (AvgIpc) is 3.17. The van der Waals surface area contributed by atoms with Crippen LogP contribution in [0.1, 0.15) is 45.1 Å². The van der Waals surface area contributed by atoms with Gasteiger partial charge in [-0.3, -0.25) is 0 Å². The molecule has 2 saturated heterocycles. The summed E-state index contributed by atoms with van der Waals surface area (Å²) < 4.78 is 19.7. The minimum absolute atomic E-state index is 0.0435. The van der Waals surface area contributed by atoms with Crippen molar-refractivity contribution in [2.45, 2.75) is 50.7 Å². The maximum atomic E-state index is 6.44. The third-order valence-corrected chi connectivity index (χ3v) is 5.88. The molecule has 4 rings (SSSR count). The molecule has 5 nitrogen and oxygen atoms in total. The topological polar surface area (TPSA) is 45.5 Å². The second kappa shape index (κ2) is 8.21. The Morgan fingerprint density at radius 1 is 1.30 bits per heavy atom. The van der Waals surface area contributed by atoms with Gasteiger partial charge in [-0.15, -0.1) is 0 Å². The average molecular weight is 391 g/mol. The van der Waals surface area contributed by atoms with E-state index in [0.29, 0.717) is 17.7 Å². The highest BCUT2D eigenvalue weighted by atomic mass is 35.5. The molecule has 0 radical (unpaired) electrons. The SMILES string of the molecule is CCCOc1ccc(-c2nccn2C2CCOC3(CCOCC3)C2)cc1Cl. The fourth-order valence-corrected chi connectivity index (χ4v) is 4.37. The lowest BCUT2D eigenvalue weighted by atomic mass is 9.84. The molecule has 1 aromatic heterocycles. The van der Waals surface area contributed by atoms with Crippen LogP contribution in [0.4, 0.5) is 0 Å². The third kappa shape index (κ3) is 4.00. The summed E-state index contributed by atoms with van der Waals surface area (Å²) in [5.74, 6) is 1.68. The summed E-state index contributed by atoms with van der Waals surface area (Å²) in [5.41, 5.74) is 0.972. The monoisotopic (exact) mass is 390 g/mol. The Morgan fingerprint density at radius 2 is 2.15 bits per heavy atom. The first-order valence-electron chi connectivity index (χ1n) is 9.88. The van der Waals surface area contributed by atoms with Crippen LogP contribution >= 0.6 is 11.6 Å². The van der Waals surface area contributed by atoms with E-state index in [1.807, 2.05) is 24.4 Å². The molecule has 1 aromatic carbocycles. The Balaban J connectivity index is 1.56. The summed E-state index contributed by atoms with van der Waals surface area (Å²) in [4.78, 5) is 4.63. The second-order valence-electron chi connectivity index (χ2n) is 7.44. The molecule has 2 fully saturated rings. The Labute approximate surface area is 165 Å². The van der Waals surface area contributed by atoms with E-state index in [1.54, 1.807) is 0 Å². The van der Waals surface area contributed by atoms with Gasteiger partial charge in [0.15, 0.2) is 0 Å². The Kier molecular flexibility index (Phi) is 5.71. The van der Waals surface area contributed by atoms with Gasteiger partial charge in [0.1, 0.15) is 11.6 Å². The molecule has 0 saturated carbocycles. The molecule has 27 heavy (non-hydrogen) atoms. The van der Waals surface area contributed by atoms with E-state index in [1.165, 1.54) is 0 Å². The van der Waals surface area contributed by atoms with Gasteiger partial charge in [-0.1, -0.05) is 18.5 Å². The van der Waals surface area contributed by atoms with Crippen LogP contribution in [0.3, 0.4) is 0 Å². The molecule has 2 aliphatic heterocycles. The molecule has 3 heterocycles. The summed E-state index contributed by atoms with van der Waals surface area (Å²) in [6, 6.07) is 6.31. The summed E-state index contributed by atoms with van der Waals surface area (Å²) in [5, 5.41) is 0.628. The van der Waals surface area contributed by atoms with Crippen LogP contribution in [-0.4, -0.2) is 41.6 Å². The van der Waals surface area contributed by atoms with Crippen LogP contribution in [0, 0.1) is 0 Å². The third-order valence-electron chi connectivity index (χ3n) is 5.58. The van der Waals surface area contributed by atoms with Gasteiger partial charge in [0.25, 0.3) is 0 Å². The van der Waals surface area contributed by atoms with Gasteiger partial charge in [-0.05, 0) is 50.3 Å². The maximum absolute atomic E-state index is 6.44. The Hall–Kier alpha value is -1.56. The van der Waals surface area contributed by atoms with Crippen LogP contribution < -0.4 is 4.74 Å². The smallest absolute Gasteiger partial charge is 0.140 e. The van der Waals surface area contributed by atoms with Gasteiger partial charge in [0.05, 0.1) is 17.2 Å². The summed E-state index contributed by atoms with van der Waals surface area (Å²) in [6.45, 7) is 5.11. The van der Waals surface area contributed by atoms with E-state index in [2.05, 4.69) is 22.7 Å².